The van der Waals surface area contributed by atoms with Crippen molar-refractivity contribution in [3.8, 4) is 0 Å². The van der Waals surface area contributed by atoms with Crippen LogP contribution in [0.5, 0.6) is 0 Å². The molecule has 1 aliphatic rings. The van der Waals surface area contributed by atoms with Gasteiger partial charge in [-0.3, -0.25) is 4.79 Å². The molecule has 1 fully saturated rings. The van der Waals surface area contributed by atoms with Crippen molar-refractivity contribution >= 4 is 23.6 Å². The van der Waals surface area contributed by atoms with Crippen molar-refractivity contribution in [1.82, 2.24) is 10.6 Å². The van der Waals surface area contributed by atoms with E-state index in [2.05, 4.69) is 10.6 Å². The van der Waals surface area contributed by atoms with Crippen molar-refractivity contribution in [2.24, 2.45) is 0 Å². The highest BCUT2D eigenvalue weighted by Gasteiger charge is 2.22. The highest BCUT2D eigenvalue weighted by molar-refractivity contribution is 7.98. The molecule has 1 amide bonds. The number of carbonyl (C=O) groups is 2. The number of thioether (sulfide) groups is 1. The topological polar surface area (TPSA) is 78.4 Å². The van der Waals surface area contributed by atoms with E-state index in [-0.39, 0.29) is 5.91 Å². The first-order chi connectivity index (χ1) is 8.06. The lowest BCUT2D eigenvalue weighted by Gasteiger charge is -2.22. The number of carboxylic acid groups (broad SMARTS) is 1. The Morgan fingerprint density at radius 1 is 1.53 bits per heavy atom. The summed E-state index contributed by atoms with van der Waals surface area (Å²) >= 11 is 1.57. The van der Waals surface area contributed by atoms with Gasteiger partial charge in [-0.2, -0.15) is 11.8 Å². The van der Waals surface area contributed by atoms with Crippen LogP contribution in [0.4, 0.5) is 0 Å². The molecule has 17 heavy (non-hydrogen) atoms. The van der Waals surface area contributed by atoms with E-state index in [1.165, 1.54) is 0 Å². The van der Waals surface area contributed by atoms with Crippen LogP contribution in [0.25, 0.3) is 0 Å². The second-order valence-corrected chi connectivity index (χ2v) is 4.96. The Balaban J connectivity index is 2.54. The molecule has 5 nitrogen and oxygen atoms in total. The quantitative estimate of drug-likeness (QED) is 0.594. The zero-order valence-corrected chi connectivity index (χ0v) is 10.9. The van der Waals surface area contributed by atoms with Crippen LogP contribution in [0.2, 0.25) is 0 Å². The summed E-state index contributed by atoms with van der Waals surface area (Å²) in [5.74, 6) is -0.527. The number of rotatable bonds is 6. The monoisotopic (exact) mass is 258 g/mol. The molecule has 1 heterocycles. The molecule has 0 aromatic carbocycles. The molecule has 0 aliphatic carbocycles. The molecule has 0 unspecified atom stereocenters. The Morgan fingerprint density at radius 2 is 2.18 bits per heavy atom. The maximum atomic E-state index is 11.8. The van der Waals surface area contributed by atoms with Crippen LogP contribution in [0.15, 0.2) is 11.1 Å². The predicted molar refractivity (Wildman–Crippen MR) is 68.1 cm³/mol. The van der Waals surface area contributed by atoms with Crippen LogP contribution in [-0.4, -0.2) is 48.1 Å². The van der Waals surface area contributed by atoms with Gasteiger partial charge in [0.1, 0.15) is 6.04 Å². The van der Waals surface area contributed by atoms with E-state index in [4.69, 9.17) is 5.11 Å². The molecule has 0 aromatic heterocycles. The summed E-state index contributed by atoms with van der Waals surface area (Å²) in [7, 11) is 0. The largest absolute Gasteiger partial charge is 0.480 e. The van der Waals surface area contributed by atoms with Crippen molar-refractivity contribution in [3.63, 3.8) is 0 Å². The maximum absolute atomic E-state index is 11.8. The summed E-state index contributed by atoms with van der Waals surface area (Å²) in [5, 5.41) is 14.6. The molecule has 1 aliphatic heterocycles. The highest BCUT2D eigenvalue weighted by Crippen LogP contribution is 2.09. The summed E-state index contributed by atoms with van der Waals surface area (Å²) in [4.78, 5) is 22.8. The second kappa shape index (κ2) is 6.66. The van der Waals surface area contributed by atoms with Crippen LogP contribution in [0, 0.1) is 0 Å². The zero-order valence-electron chi connectivity index (χ0n) is 10.1. The lowest BCUT2D eigenvalue weighted by molar-refractivity contribution is -0.141. The first kappa shape index (κ1) is 14.1. The summed E-state index contributed by atoms with van der Waals surface area (Å²) in [6.07, 6.45) is 2.36. The third kappa shape index (κ3) is 4.05. The van der Waals surface area contributed by atoms with Gasteiger partial charge in [-0.1, -0.05) is 0 Å². The minimum atomic E-state index is -0.975. The molecule has 0 saturated carbocycles. The number of hydrogen-bond donors (Lipinski definition) is 3. The maximum Gasteiger partial charge on any atom is 0.326 e. The molecule has 0 radical (unpaired) electrons. The first-order valence-corrected chi connectivity index (χ1v) is 6.87. The van der Waals surface area contributed by atoms with Gasteiger partial charge in [-0.05, 0) is 30.9 Å². The molecule has 0 aromatic rings. The van der Waals surface area contributed by atoms with E-state index in [1.54, 1.807) is 18.7 Å². The highest BCUT2D eigenvalue weighted by atomic mass is 32.2. The minimum Gasteiger partial charge on any atom is -0.480 e. The van der Waals surface area contributed by atoms with Gasteiger partial charge in [-0.15, -0.1) is 0 Å². The molecule has 0 spiro atoms. The fourth-order valence-corrected chi connectivity index (χ4v) is 1.91. The van der Waals surface area contributed by atoms with Crippen LogP contribution < -0.4 is 10.6 Å². The SMILES string of the molecule is CSCC[C@@H](NC(=O)C(C)=C1CNC1)C(=O)O. The second-order valence-electron chi connectivity index (χ2n) is 3.98. The molecule has 6 heteroatoms. The number of nitrogens with one attached hydrogen (secondary N) is 2. The molecule has 3 N–H and O–H groups in total. The number of hydrogen-bond acceptors (Lipinski definition) is 4. The Bertz CT molecular complexity index is 336. The van der Waals surface area contributed by atoms with Crippen LogP contribution >= 0.6 is 11.8 Å². The summed E-state index contributed by atoms with van der Waals surface area (Å²) in [6, 6.07) is -0.793. The van der Waals surface area contributed by atoms with Gasteiger partial charge < -0.3 is 15.7 Å². The van der Waals surface area contributed by atoms with Gasteiger partial charge in [0.15, 0.2) is 0 Å². The minimum absolute atomic E-state index is 0.269. The fourth-order valence-electron chi connectivity index (χ4n) is 1.44. The van der Waals surface area contributed by atoms with Crippen LogP contribution in [-0.2, 0) is 9.59 Å². The molecule has 0 bridgehead atoms. The van der Waals surface area contributed by atoms with Crippen molar-refractivity contribution < 1.29 is 14.7 Å². The molecular weight excluding hydrogens is 240 g/mol. The first-order valence-electron chi connectivity index (χ1n) is 5.48. The van der Waals surface area contributed by atoms with Gasteiger partial charge in [-0.25, -0.2) is 4.79 Å². The Kier molecular flexibility index (Phi) is 5.50. The van der Waals surface area contributed by atoms with E-state index in [0.717, 1.165) is 18.7 Å². The summed E-state index contributed by atoms with van der Waals surface area (Å²) in [6.45, 7) is 3.18. The number of aliphatic carboxylic acids is 1. The molecular formula is C11H18N2O3S. The van der Waals surface area contributed by atoms with Gasteiger partial charge in [0.2, 0.25) is 5.91 Å². The van der Waals surface area contributed by atoms with E-state index in [9.17, 15) is 9.59 Å². The van der Waals surface area contributed by atoms with Crippen molar-refractivity contribution in [1.29, 1.82) is 0 Å². The van der Waals surface area contributed by atoms with Crippen molar-refractivity contribution in [2.45, 2.75) is 19.4 Å². The zero-order chi connectivity index (χ0) is 12.8. The average Bonchev–Trinajstić information content (AvgIpc) is 2.20. The van der Waals surface area contributed by atoms with Gasteiger partial charge >= 0.3 is 5.97 Å². The van der Waals surface area contributed by atoms with E-state index in [1.807, 2.05) is 6.26 Å². The smallest absolute Gasteiger partial charge is 0.326 e. The van der Waals surface area contributed by atoms with Crippen LogP contribution in [0.1, 0.15) is 13.3 Å². The van der Waals surface area contributed by atoms with Crippen LogP contribution in [0.3, 0.4) is 0 Å². The molecule has 1 saturated heterocycles. The number of amides is 1. The predicted octanol–water partition coefficient (Wildman–Crippen LogP) is 0.229. The summed E-state index contributed by atoms with van der Waals surface area (Å²) in [5.41, 5.74) is 1.69. The lowest BCUT2D eigenvalue weighted by Crippen LogP contribution is -2.43. The number of carboxylic acids is 1. The lowest BCUT2D eigenvalue weighted by atomic mass is 10.0. The Morgan fingerprint density at radius 3 is 2.59 bits per heavy atom. The Labute approximate surface area is 105 Å². The van der Waals surface area contributed by atoms with Gasteiger partial charge in [0.05, 0.1) is 0 Å². The normalized spacial score (nSPS) is 16.0. The van der Waals surface area contributed by atoms with Crippen molar-refractivity contribution in [2.75, 3.05) is 25.1 Å². The Hall–Kier alpha value is -1.01. The average molecular weight is 258 g/mol. The van der Waals surface area contributed by atoms with Crippen molar-refractivity contribution in [3.05, 3.63) is 11.1 Å². The third-order valence-corrected chi connectivity index (χ3v) is 3.41. The van der Waals surface area contributed by atoms with Gasteiger partial charge in [0.25, 0.3) is 0 Å². The van der Waals surface area contributed by atoms with Gasteiger partial charge in [0, 0.05) is 18.7 Å². The number of carbonyl (C=O) groups excluding carboxylic acids is 1. The van der Waals surface area contributed by atoms with E-state index >= 15 is 0 Å². The third-order valence-electron chi connectivity index (χ3n) is 2.76. The molecule has 96 valence electrons. The van der Waals surface area contributed by atoms with E-state index in [0.29, 0.717) is 17.7 Å². The molecule has 1 atom stereocenters. The summed E-state index contributed by atoms with van der Waals surface area (Å²) < 4.78 is 0. The molecule has 1 rings (SSSR count). The fraction of sp³-hybridized carbons (Fsp3) is 0.636. The standard InChI is InChI=1S/C11H18N2O3S/c1-7(8-5-12-6-8)10(14)13-9(11(15)16)3-4-17-2/h9,12H,3-6H2,1-2H3,(H,13,14)(H,15,16)/t9-/m1/s1. The van der Waals surface area contributed by atoms with E-state index < -0.39 is 12.0 Å².